The third-order valence-corrected chi connectivity index (χ3v) is 3.62. The summed E-state index contributed by atoms with van der Waals surface area (Å²) in [5, 5.41) is 12.9. The number of likely N-dealkylation sites (tertiary alicyclic amines) is 1. The number of hydrogen-bond donors (Lipinski definition) is 2. The number of hydrogen-bond acceptors (Lipinski definition) is 4. The Morgan fingerprint density at radius 3 is 2.85 bits per heavy atom. The number of nitrogens with zero attached hydrogens (tertiary/aromatic N) is 1. The summed E-state index contributed by atoms with van der Waals surface area (Å²) >= 11 is 0. The lowest BCUT2D eigenvalue weighted by Crippen LogP contribution is -2.45. The molecule has 1 saturated heterocycles. The molecule has 0 saturated carbocycles. The molecule has 5 heteroatoms. The van der Waals surface area contributed by atoms with Crippen molar-refractivity contribution >= 4 is 5.91 Å². The molecule has 1 amide bonds. The van der Waals surface area contributed by atoms with Crippen molar-refractivity contribution in [3.63, 3.8) is 0 Å². The van der Waals surface area contributed by atoms with E-state index in [1.54, 1.807) is 19.2 Å². The van der Waals surface area contributed by atoms with Gasteiger partial charge < -0.3 is 20.1 Å². The molecule has 1 aromatic rings. The summed E-state index contributed by atoms with van der Waals surface area (Å²) in [4.78, 5) is 13.5. The highest BCUT2D eigenvalue weighted by Gasteiger charge is 2.22. The minimum absolute atomic E-state index is 0.0685. The fourth-order valence-corrected chi connectivity index (χ4v) is 2.48. The monoisotopic (exact) mass is 278 g/mol. The smallest absolute Gasteiger partial charge is 0.248 e. The highest BCUT2D eigenvalue weighted by atomic mass is 16.5. The van der Waals surface area contributed by atoms with E-state index in [1.165, 1.54) is 0 Å². The molecule has 0 aliphatic carbocycles. The molecule has 0 bridgehead atoms. The highest BCUT2D eigenvalue weighted by molar-refractivity contribution is 5.77. The van der Waals surface area contributed by atoms with Crippen LogP contribution in [0.1, 0.15) is 18.4 Å². The summed E-state index contributed by atoms with van der Waals surface area (Å²) in [7, 11) is 1.54. The standard InChI is InChI=1S/C15H22N2O3/c1-20-11-15(19)17-7-5-13(6-8-17)16-10-12-3-2-4-14(18)9-12/h2-4,9,13,16,18H,5-8,10-11H2,1H3. The number of carbonyl (C=O) groups excluding carboxylic acids is 1. The van der Waals surface area contributed by atoms with Gasteiger partial charge in [-0.2, -0.15) is 0 Å². The Kier molecular flexibility index (Phi) is 5.38. The lowest BCUT2D eigenvalue weighted by atomic mass is 10.0. The second-order valence-electron chi connectivity index (χ2n) is 5.14. The lowest BCUT2D eigenvalue weighted by Gasteiger charge is -2.32. The third-order valence-electron chi connectivity index (χ3n) is 3.62. The van der Waals surface area contributed by atoms with Crippen molar-refractivity contribution in [2.75, 3.05) is 26.8 Å². The molecular weight excluding hydrogens is 256 g/mol. The summed E-state index contributed by atoms with van der Waals surface area (Å²) < 4.78 is 4.87. The first-order valence-corrected chi connectivity index (χ1v) is 6.97. The van der Waals surface area contributed by atoms with Gasteiger partial charge in [0.2, 0.25) is 5.91 Å². The number of phenols is 1. The SMILES string of the molecule is COCC(=O)N1CCC(NCc2cccc(O)c2)CC1. The van der Waals surface area contributed by atoms with Gasteiger partial charge in [0.25, 0.3) is 0 Å². The molecule has 20 heavy (non-hydrogen) atoms. The molecule has 1 aliphatic rings. The number of ether oxygens (including phenoxy) is 1. The second kappa shape index (κ2) is 7.26. The molecule has 1 fully saturated rings. The molecule has 2 N–H and O–H groups in total. The van der Waals surface area contributed by atoms with Crippen molar-refractivity contribution in [3.05, 3.63) is 29.8 Å². The largest absolute Gasteiger partial charge is 0.508 e. The van der Waals surface area contributed by atoms with Gasteiger partial charge >= 0.3 is 0 Å². The summed E-state index contributed by atoms with van der Waals surface area (Å²) in [5.74, 6) is 0.364. The fourth-order valence-electron chi connectivity index (χ4n) is 2.48. The van der Waals surface area contributed by atoms with Gasteiger partial charge in [-0.3, -0.25) is 4.79 Å². The Balaban J connectivity index is 1.73. The molecule has 110 valence electrons. The van der Waals surface area contributed by atoms with E-state index in [2.05, 4.69) is 5.32 Å². The maximum Gasteiger partial charge on any atom is 0.248 e. The van der Waals surface area contributed by atoms with Gasteiger partial charge in [0, 0.05) is 32.8 Å². The van der Waals surface area contributed by atoms with Gasteiger partial charge in [0.05, 0.1) is 0 Å². The van der Waals surface area contributed by atoms with E-state index in [-0.39, 0.29) is 12.5 Å². The number of phenolic OH excluding ortho intramolecular Hbond substituents is 1. The van der Waals surface area contributed by atoms with Crippen molar-refractivity contribution < 1.29 is 14.6 Å². The zero-order valence-electron chi connectivity index (χ0n) is 11.8. The molecule has 1 heterocycles. The maximum absolute atomic E-state index is 11.7. The predicted octanol–water partition coefficient (Wildman–Crippen LogP) is 1.12. The van der Waals surface area contributed by atoms with E-state index in [1.807, 2.05) is 17.0 Å². The number of carbonyl (C=O) groups is 1. The Morgan fingerprint density at radius 1 is 1.45 bits per heavy atom. The van der Waals surface area contributed by atoms with Crippen LogP contribution >= 0.6 is 0 Å². The number of rotatable bonds is 5. The first-order chi connectivity index (χ1) is 9.69. The van der Waals surface area contributed by atoms with Crippen molar-refractivity contribution in [1.29, 1.82) is 0 Å². The summed E-state index contributed by atoms with van der Waals surface area (Å²) in [5.41, 5.74) is 1.07. The maximum atomic E-state index is 11.7. The van der Waals surface area contributed by atoms with Crippen molar-refractivity contribution in [3.8, 4) is 5.75 Å². The van der Waals surface area contributed by atoms with Crippen LogP contribution in [0.4, 0.5) is 0 Å². The van der Waals surface area contributed by atoms with Gasteiger partial charge in [0.15, 0.2) is 0 Å². The molecule has 5 nitrogen and oxygen atoms in total. The van der Waals surface area contributed by atoms with Gasteiger partial charge in [-0.25, -0.2) is 0 Å². The Morgan fingerprint density at radius 2 is 2.20 bits per heavy atom. The van der Waals surface area contributed by atoms with Crippen molar-refractivity contribution in [2.45, 2.75) is 25.4 Å². The number of aromatic hydroxyl groups is 1. The first-order valence-electron chi connectivity index (χ1n) is 6.97. The average molecular weight is 278 g/mol. The van der Waals surface area contributed by atoms with Crippen LogP contribution in [0.25, 0.3) is 0 Å². The summed E-state index contributed by atoms with van der Waals surface area (Å²) in [6.07, 6.45) is 1.91. The Hall–Kier alpha value is -1.59. The molecule has 0 atom stereocenters. The van der Waals surface area contributed by atoms with Crippen LogP contribution < -0.4 is 5.32 Å². The second-order valence-corrected chi connectivity index (χ2v) is 5.14. The predicted molar refractivity (Wildman–Crippen MR) is 76.4 cm³/mol. The van der Waals surface area contributed by atoms with E-state index >= 15 is 0 Å². The van der Waals surface area contributed by atoms with Crippen LogP contribution in [-0.2, 0) is 16.1 Å². The van der Waals surface area contributed by atoms with Gasteiger partial charge in [0.1, 0.15) is 12.4 Å². The zero-order chi connectivity index (χ0) is 14.4. The Labute approximate surface area is 119 Å². The number of benzene rings is 1. The number of amides is 1. The Bertz CT molecular complexity index is 442. The zero-order valence-corrected chi connectivity index (χ0v) is 11.8. The molecular formula is C15H22N2O3. The van der Waals surface area contributed by atoms with Crippen molar-refractivity contribution in [2.24, 2.45) is 0 Å². The number of nitrogens with one attached hydrogen (secondary N) is 1. The van der Waals surface area contributed by atoms with Crippen LogP contribution in [0.5, 0.6) is 5.75 Å². The fraction of sp³-hybridized carbons (Fsp3) is 0.533. The summed E-state index contributed by atoms with van der Waals surface area (Å²) in [6.45, 7) is 2.46. The normalized spacial score (nSPS) is 16.4. The van der Waals surface area contributed by atoms with E-state index in [0.29, 0.717) is 11.8 Å². The van der Waals surface area contributed by atoms with E-state index in [9.17, 15) is 9.90 Å². The molecule has 0 spiro atoms. The summed E-state index contributed by atoms with van der Waals surface area (Å²) in [6, 6.07) is 7.69. The van der Waals surface area contributed by atoms with E-state index in [4.69, 9.17) is 4.74 Å². The highest BCUT2D eigenvalue weighted by Crippen LogP contribution is 2.14. The van der Waals surface area contributed by atoms with Crippen LogP contribution in [0, 0.1) is 0 Å². The molecule has 0 unspecified atom stereocenters. The topological polar surface area (TPSA) is 61.8 Å². The quantitative estimate of drug-likeness (QED) is 0.847. The van der Waals surface area contributed by atoms with E-state index in [0.717, 1.165) is 38.0 Å². The molecule has 1 aliphatic heterocycles. The molecule has 0 radical (unpaired) electrons. The molecule has 2 rings (SSSR count). The van der Waals surface area contributed by atoms with Crippen LogP contribution in [0.3, 0.4) is 0 Å². The van der Waals surface area contributed by atoms with Crippen LogP contribution in [0.2, 0.25) is 0 Å². The van der Waals surface area contributed by atoms with Gasteiger partial charge in [-0.15, -0.1) is 0 Å². The van der Waals surface area contributed by atoms with E-state index < -0.39 is 0 Å². The lowest BCUT2D eigenvalue weighted by molar-refractivity contribution is -0.136. The van der Waals surface area contributed by atoms with Crippen LogP contribution in [-0.4, -0.2) is 48.8 Å². The van der Waals surface area contributed by atoms with Gasteiger partial charge in [-0.05, 0) is 30.5 Å². The van der Waals surface area contributed by atoms with Crippen LogP contribution in [0.15, 0.2) is 24.3 Å². The average Bonchev–Trinajstić information content (AvgIpc) is 2.46. The number of piperidine rings is 1. The molecule has 0 aromatic heterocycles. The van der Waals surface area contributed by atoms with Gasteiger partial charge in [-0.1, -0.05) is 12.1 Å². The minimum atomic E-state index is 0.0685. The molecule has 1 aromatic carbocycles. The minimum Gasteiger partial charge on any atom is -0.508 e. The first kappa shape index (κ1) is 14.8. The third kappa shape index (κ3) is 4.21. The number of methoxy groups -OCH3 is 1. The van der Waals surface area contributed by atoms with Crippen molar-refractivity contribution in [1.82, 2.24) is 10.2 Å².